The van der Waals surface area contributed by atoms with Gasteiger partial charge in [-0.25, -0.2) is 0 Å². The maximum absolute atomic E-state index is 12.5. The molecule has 0 bridgehead atoms. The van der Waals surface area contributed by atoms with Gasteiger partial charge >= 0.3 is 0 Å². The summed E-state index contributed by atoms with van der Waals surface area (Å²) < 4.78 is 10.9. The van der Waals surface area contributed by atoms with Crippen LogP contribution in [0.4, 0.5) is 0 Å². The third kappa shape index (κ3) is 3.74. The predicted octanol–water partition coefficient (Wildman–Crippen LogP) is -0.456. The Balaban J connectivity index is 1.50. The molecule has 0 aromatic rings. The molecular formula is C15H27N3O3. The lowest BCUT2D eigenvalue weighted by Crippen LogP contribution is -2.47. The van der Waals surface area contributed by atoms with E-state index >= 15 is 0 Å². The molecule has 6 heteroatoms. The molecule has 0 aromatic carbocycles. The Labute approximate surface area is 126 Å². The van der Waals surface area contributed by atoms with Gasteiger partial charge in [0.25, 0.3) is 0 Å². The van der Waals surface area contributed by atoms with Gasteiger partial charge in [0.1, 0.15) is 0 Å². The van der Waals surface area contributed by atoms with Crippen molar-refractivity contribution in [2.75, 3.05) is 59.2 Å². The van der Waals surface area contributed by atoms with E-state index in [-0.39, 0.29) is 11.9 Å². The Morgan fingerprint density at radius 1 is 1.19 bits per heavy atom. The zero-order valence-electron chi connectivity index (χ0n) is 12.9. The number of rotatable bonds is 3. The Hall–Kier alpha value is -0.690. The first-order chi connectivity index (χ1) is 10.2. The number of nitrogens with one attached hydrogen (secondary N) is 1. The molecule has 0 aliphatic carbocycles. The summed E-state index contributed by atoms with van der Waals surface area (Å²) in [6.07, 6.45) is 0.558. The molecular weight excluding hydrogens is 270 g/mol. The van der Waals surface area contributed by atoms with Gasteiger partial charge in [-0.15, -0.1) is 0 Å². The van der Waals surface area contributed by atoms with E-state index in [1.165, 1.54) is 0 Å². The van der Waals surface area contributed by atoms with E-state index in [0.29, 0.717) is 25.0 Å². The van der Waals surface area contributed by atoms with Crippen LogP contribution in [0.2, 0.25) is 0 Å². The first-order valence-electron chi connectivity index (χ1n) is 8.15. The molecule has 0 spiro atoms. The minimum Gasteiger partial charge on any atom is -0.379 e. The van der Waals surface area contributed by atoms with Crippen molar-refractivity contribution in [1.82, 2.24) is 15.1 Å². The van der Waals surface area contributed by atoms with E-state index in [2.05, 4.69) is 17.1 Å². The molecule has 3 heterocycles. The molecule has 3 saturated heterocycles. The quantitative estimate of drug-likeness (QED) is 0.764. The number of hydrogen-bond acceptors (Lipinski definition) is 5. The van der Waals surface area contributed by atoms with Gasteiger partial charge in [-0.05, 0) is 5.92 Å². The van der Waals surface area contributed by atoms with Crippen molar-refractivity contribution in [3.63, 3.8) is 0 Å². The highest BCUT2D eigenvalue weighted by Crippen LogP contribution is 2.23. The van der Waals surface area contributed by atoms with Crippen molar-refractivity contribution in [2.45, 2.75) is 25.4 Å². The molecule has 0 aromatic heterocycles. The molecule has 3 unspecified atom stereocenters. The third-order valence-corrected chi connectivity index (χ3v) is 4.86. The first-order valence-corrected chi connectivity index (χ1v) is 8.15. The average Bonchev–Trinajstić information content (AvgIpc) is 2.91. The molecule has 3 fully saturated rings. The van der Waals surface area contributed by atoms with Gasteiger partial charge in [-0.1, -0.05) is 6.92 Å². The SMILES string of the molecule is CC1CN(C(=O)CC2COCCN2)CC1N1CCOCC1. The van der Waals surface area contributed by atoms with Crippen LogP contribution >= 0.6 is 0 Å². The van der Waals surface area contributed by atoms with Gasteiger partial charge in [0, 0.05) is 51.2 Å². The van der Waals surface area contributed by atoms with E-state index in [4.69, 9.17) is 9.47 Å². The lowest BCUT2D eigenvalue weighted by molar-refractivity contribution is -0.131. The summed E-state index contributed by atoms with van der Waals surface area (Å²) in [6.45, 7) is 9.90. The van der Waals surface area contributed by atoms with Gasteiger partial charge in [-0.2, -0.15) is 0 Å². The Kier molecular flexibility index (Phi) is 5.11. The van der Waals surface area contributed by atoms with Crippen molar-refractivity contribution in [1.29, 1.82) is 0 Å². The Morgan fingerprint density at radius 2 is 2.00 bits per heavy atom. The van der Waals surface area contributed by atoms with Crippen LogP contribution in [0.25, 0.3) is 0 Å². The summed E-state index contributed by atoms with van der Waals surface area (Å²) in [6, 6.07) is 0.678. The van der Waals surface area contributed by atoms with Crippen LogP contribution in [0.5, 0.6) is 0 Å². The Bertz CT molecular complexity index is 354. The molecule has 3 atom stereocenters. The summed E-state index contributed by atoms with van der Waals surface area (Å²) in [4.78, 5) is 17.0. The van der Waals surface area contributed by atoms with E-state index < -0.39 is 0 Å². The highest BCUT2D eigenvalue weighted by molar-refractivity contribution is 5.77. The second kappa shape index (κ2) is 7.05. The fraction of sp³-hybridized carbons (Fsp3) is 0.933. The molecule has 0 saturated carbocycles. The molecule has 3 rings (SSSR count). The number of nitrogens with zero attached hydrogens (tertiary/aromatic N) is 2. The normalized spacial score (nSPS) is 35.1. The summed E-state index contributed by atoms with van der Waals surface area (Å²) in [5, 5.41) is 3.36. The number of morpholine rings is 2. The maximum Gasteiger partial charge on any atom is 0.224 e. The maximum atomic E-state index is 12.5. The van der Waals surface area contributed by atoms with Gasteiger partial charge in [0.2, 0.25) is 5.91 Å². The molecule has 21 heavy (non-hydrogen) atoms. The predicted molar refractivity (Wildman–Crippen MR) is 79.2 cm³/mol. The van der Waals surface area contributed by atoms with Crippen LogP contribution in [-0.4, -0.2) is 86.9 Å². The van der Waals surface area contributed by atoms with Gasteiger partial charge in [0.05, 0.1) is 26.4 Å². The number of hydrogen-bond donors (Lipinski definition) is 1. The number of likely N-dealkylation sites (tertiary alicyclic amines) is 1. The molecule has 6 nitrogen and oxygen atoms in total. The average molecular weight is 297 g/mol. The molecule has 0 radical (unpaired) electrons. The Morgan fingerprint density at radius 3 is 2.71 bits per heavy atom. The van der Waals surface area contributed by atoms with Crippen LogP contribution in [0.1, 0.15) is 13.3 Å². The molecule has 3 aliphatic rings. The second-order valence-corrected chi connectivity index (χ2v) is 6.42. The summed E-state index contributed by atoms with van der Waals surface area (Å²) >= 11 is 0. The van der Waals surface area contributed by atoms with E-state index in [9.17, 15) is 4.79 Å². The van der Waals surface area contributed by atoms with Crippen LogP contribution < -0.4 is 5.32 Å². The molecule has 3 aliphatic heterocycles. The van der Waals surface area contributed by atoms with Crippen molar-refractivity contribution in [3.05, 3.63) is 0 Å². The van der Waals surface area contributed by atoms with Crippen LogP contribution in [-0.2, 0) is 14.3 Å². The van der Waals surface area contributed by atoms with Gasteiger partial charge in [0.15, 0.2) is 0 Å². The third-order valence-electron chi connectivity index (χ3n) is 4.86. The van der Waals surface area contributed by atoms with Crippen molar-refractivity contribution in [3.8, 4) is 0 Å². The zero-order chi connectivity index (χ0) is 14.7. The smallest absolute Gasteiger partial charge is 0.224 e. The summed E-state index contributed by atoms with van der Waals surface area (Å²) in [7, 11) is 0. The largest absolute Gasteiger partial charge is 0.379 e. The highest BCUT2D eigenvalue weighted by atomic mass is 16.5. The van der Waals surface area contributed by atoms with Gasteiger partial charge < -0.3 is 19.7 Å². The summed E-state index contributed by atoms with van der Waals surface area (Å²) in [5.74, 6) is 0.809. The van der Waals surface area contributed by atoms with Crippen LogP contribution in [0, 0.1) is 5.92 Å². The van der Waals surface area contributed by atoms with E-state index in [1.807, 2.05) is 4.90 Å². The van der Waals surface area contributed by atoms with Gasteiger partial charge in [-0.3, -0.25) is 9.69 Å². The minimum atomic E-state index is 0.184. The second-order valence-electron chi connectivity index (χ2n) is 6.42. The van der Waals surface area contributed by atoms with E-state index in [1.54, 1.807) is 0 Å². The number of amides is 1. The fourth-order valence-corrected chi connectivity index (χ4v) is 3.63. The zero-order valence-corrected chi connectivity index (χ0v) is 12.9. The standard InChI is InChI=1S/C15H27N3O3/c1-12-9-18(10-14(12)17-3-6-20-7-4-17)15(19)8-13-11-21-5-2-16-13/h12-14,16H,2-11H2,1H3. The number of ether oxygens (including phenoxy) is 2. The lowest BCUT2D eigenvalue weighted by Gasteiger charge is -2.34. The number of carbonyl (C=O) groups excluding carboxylic acids is 1. The topological polar surface area (TPSA) is 54.0 Å². The van der Waals surface area contributed by atoms with Crippen molar-refractivity contribution < 1.29 is 14.3 Å². The van der Waals surface area contributed by atoms with Crippen molar-refractivity contribution in [2.24, 2.45) is 5.92 Å². The molecule has 1 N–H and O–H groups in total. The first kappa shape index (κ1) is 15.2. The lowest BCUT2D eigenvalue weighted by atomic mass is 10.0. The molecule has 120 valence electrons. The summed E-state index contributed by atoms with van der Waals surface area (Å²) in [5.41, 5.74) is 0. The highest BCUT2D eigenvalue weighted by Gasteiger charge is 2.37. The van der Waals surface area contributed by atoms with E-state index in [0.717, 1.165) is 52.5 Å². The number of carbonyl (C=O) groups is 1. The van der Waals surface area contributed by atoms with Crippen LogP contribution in [0.3, 0.4) is 0 Å². The molecule has 1 amide bonds. The van der Waals surface area contributed by atoms with Crippen molar-refractivity contribution >= 4 is 5.91 Å². The minimum absolute atomic E-state index is 0.184. The van der Waals surface area contributed by atoms with Crippen LogP contribution in [0.15, 0.2) is 0 Å². The fourth-order valence-electron chi connectivity index (χ4n) is 3.63. The monoisotopic (exact) mass is 297 g/mol.